The van der Waals surface area contributed by atoms with Crippen molar-refractivity contribution in [3.63, 3.8) is 0 Å². The normalized spacial score (nSPS) is 11.7. The minimum absolute atomic E-state index is 0.198. The number of carbonyl (C=O) groups is 2. The molecule has 0 aliphatic heterocycles. The second-order valence-corrected chi connectivity index (χ2v) is 5.26. The molecule has 1 atom stereocenters. The number of furan rings is 1. The van der Waals surface area contributed by atoms with Crippen LogP contribution in [0.15, 0.2) is 34.1 Å². The number of carbonyl (C=O) groups excluding carboxylic acids is 2. The zero-order chi connectivity index (χ0) is 16.1. The van der Waals surface area contributed by atoms with E-state index in [1.807, 2.05) is 17.5 Å². The van der Waals surface area contributed by atoms with Crippen LogP contribution >= 0.6 is 11.3 Å². The highest BCUT2D eigenvalue weighted by molar-refractivity contribution is 7.10. The average Bonchev–Trinajstić information content (AvgIpc) is 3.15. The second-order valence-electron chi connectivity index (χ2n) is 4.28. The van der Waals surface area contributed by atoms with Crippen LogP contribution < -0.4 is 5.32 Å². The van der Waals surface area contributed by atoms with Crippen molar-refractivity contribution in [2.24, 2.45) is 0 Å². The van der Waals surface area contributed by atoms with Crippen molar-refractivity contribution >= 4 is 29.1 Å². The first-order valence-corrected chi connectivity index (χ1v) is 7.09. The number of ether oxygens (including phenoxy) is 1. The number of nitro groups is 1. The molecule has 0 radical (unpaired) electrons. The van der Waals surface area contributed by atoms with Gasteiger partial charge in [0.15, 0.2) is 6.61 Å². The van der Waals surface area contributed by atoms with E-state index in [0.717, 1.165) is 17.0 Å². The van der Waals surface area contributed by atoms with E-state index in [4.69, 9.17) is 4.74 Å². The summed E-state index contributed by atoms with van der Waals surface area (Å²) < 4.78 is 9.41. The molecule has 2 aromatic rings. The van der Waals surface area contributed by atoms with Gasteiger partial charge in [-0.25, -0.2) is 4.79 Å². The molecule has 2 rings (SSSR count). The van der Waals surface area contributed by atoms with Crippen molar-refractivity contribution in [3.05, 3.63) is 50.4 Å². The van der Waals surface area contributed by atoms with Gasteiger partial charge >= 0.3 is 11.9 Å². The largest absolute Gasteiger partial charge is 0.450 e. The van der Waals surface area contributed by atoms with Crippen LogP contribution in [0.25, 0.3) is 0 Å². The van der Waals surface area contributed by atoms with Crippen molar-refractivity contribution in [1.29, 1.82) is 0 Å². The fourth-order valence-electron chi connectivity index (χ4n) is 1.63. The first kappa shape index (κ1) is 15.7. The monoisotopic (exact) mass is 324 g/mol. The Morgan fingerprint density at radius 1 is 1.45 bits per heavy atom. The molecule has 9 heteroatoms. The number of hydrogen-bond donors (Lipinski definition) is 1. The smallest absolute Gasteiger partial charge is 0.433 e. The molecule has 22 heavy (non-hydrogen) atoms. The summed E-state index contributed by atoms with van der Waals surface area (Å²) in [6, 6.07) is 5.70. The standard InChI is InChI=1S/C13H12N2O6S/c1-8(10-3-2-6-22-10)14-11(16)7-20-13(17)9-4-5-12(21-9)15(18)19/h2-6,8H,7H2,1H3,(H,14,16)/t8-/m1/s1. The van der Waals surface area contributed by atoms with Gasteiger partial charge in [0.1, 0.15) is 4.92 Å². The number of amides is 1. The summed E-state index contributed by atoms with van der Waals surface area (Å²) in [7, 11) is 0. The molecule has 0 fully saturated rings. The van der Waals surface area contributed by atoms with Crippen LogP contribution in [0, 0.1) is 10.1 Å². The highest BCUT2D eigenvalue weighted by atomic mass is 32.1. The lowest BCUT2D eigenvalue weighted by Crippen LogP contribution is -2.30. The molecule has 116 valence electrons. The Morgan fingerprint density at radius 2 is 2.23 bits per heavy atom. The maximum Gasteiger partial charge on any atom is 0.433 e. The fourth-order valence-corrected chi connectivity index (χ4v) is 2.36. The van der Waals surface area contributed by atoms with Gasteiger partial charge in [0, 0.05) is 4.88 Å². The molecule has 0 unspecified atom stereocenters. The van der Waals surface area contributed by atoms with Crippen molar-refractivity contribution in [1.82, 2.24) is 5.32 Å². The Morgan fingerprint density at radius 3 is 2.82 bits per heavy atom. The molecule has 0 saturated carbocycles. The molecule has 1 N–H and O–H groups in total. The fraction of sp³-hybridized carbons (Fsp3) is 0.231. The molecule has 2 heterocycles. The van der Waals surface area contributed by atoms with Gasteiger partial charge in [0.05, 0.1) is 12.1 Å². The molecule has 0 aliphatic carbocycles. The van der Waals surface area contributed by atoms with E-state index in [-0.39, 0.29) is 11.8 Å². The summed E-state index contributed by atoms with van der Waals surface area (Å²) in [5.41, 5.74) is 0. The van der Waals surface area contributed by atoms with Crippen LogP contribution in [0.2, 0.25) is 0 Å². The number of esters is 1. The van der Waals surface area contributed by atoms with E-state index in [1.54, 1.807) is 6.92 Å². The average molecular weight is 324 g/mol. The maximum atomic E-state index is 11.7. The Labute approximate surface area is 128 Å². The van der Waals surface area contributed by atoms with Crippen molar-refractivity contribution in [2.75, 3.05) is 6.61 Å². The van der Waals surface area contributed by atoms with Gasteiger partial charge in [0.2, 0.25) is 5.76 Å². The number of hydrogen-bond acceptors (Lipinski definition) is 7. The van der Waals surface area contributed by atoms with Crippen LogP contribution in [0.5, 0.6) is 0 Å². The predicted octanol–water partition coefficient (Wildman–Crippen LogP) is 2.28. The lowest BCUT2D eigenvalue weighted by atomic mass is 10.3. The van der Waals surface area contributed by atoms with Crippen LogP contribution in [0.3, 0.4) is 0 Å². The van der Waals surface area contributed by atoms with Gasteiger partial charge < -0.3 is 14.5 Å². The number of thiophene rings is 1. The Kier molecular flexibility index (Phi) is 4.89. The van der Waals surface area contributed by atoms with Crippen LogP contribution in [0.4, 0.5) is 5.88 Å². The summed E-state index contributed by atoms with van der Waals surface area (Å²) >= 11 is 1.50. The summed E-state index contributed by atoms with van der Waals surface area (Å²) in [5, 5.41) is 15.0. The van der Waals surface area contributed by atoms with Crippen LogP contribution in [0.1, 0.15) is 28.4 Å². The van der Waals surface area contributed by atoms with Crippen LogP contribution in [-0.2, 0) is 9.53 Å². The highest BCUT2D eigenvalue weighted by Gasteiger charge is 2.19. The second kappa shape index (κ2) is 6.85. The molecule has 2 aromatic heterocycles. The third-order valence-corrected chi connectivity index (χ3v) is 3.71. The van der Waals surface area contributed by atoms with Crippen molar-refractivity contribution in [3.8, 4) is 0 Å². The molecule has 0 spiro atoms. The molecular weight excluding hydrogens is 312 g/mol. The first-order chi connectivity index (χ1) is 10.5. The zero-order valence-electron chi connectivity index (χ0n) is 11.5. The third-order valence-electron chi connectivity index (χ3n) is 2.65. The SMILES string of the molecule is C[C@@H](NC(=O)COC(=O)c1ccc([N+](=O)[O-])o1)c1cccs1. The van der Waals surface area contributed by atoms with E-state index in [2.05, 4.69) is 9.73 Å². The number of rotatable bonds is 6. The van der Waals surface area contributed by atoms with E-state index in [9.17, 15) is 19.7 Å². The Hall–Kier alpha value is -2.68. The summed E-state index contributed by atoms with van der Waals surface area (Å²) in [5.74, 6) is -2.31. The molecule has 8 nitrogen and oxygen atoms in total. The molecular formula is C13H12N2O6S. The van der Waals surface area contributed by atoms with E-state index in [0.29, 0.717) is 0 Å². The van der Waals surface area contributed by atoms with Gasteiger partial charge in [-0.2, -0.15) is 0 Å². The van der Waals surface area contributed by atoms with Gasteiger partial charge in [-0.1, -0.05) is 6.07 Å². The van der Waals surface area contributed by atoms with E-state index in [1.165, 1.54) is 11.3 Å². The summed E-state index contributed by atoms with van der Waals surface area (Å²) in [4.78, 5) is 33.9. The number of nitrogens with one attached hydrogen (secondary N) is 1. The first-order valence-electron chi connectivity index (χ1n) is 6.21. The summed E-state index contributed by atoms with van der Waals surface area (Å²) in [6.45, 7) is 1.31. The maximum absolute atomic E-state index is 11.7. The molecule has 1 amide bonds. The van der Waals surface area contributed by atoms with Gasteiger partial charge in [-0.05, 0) is 24.4 Å². The van der Waals surface area contributed by atoms with Crippen molar-refractivity contribution < 1.29 is 23.7 Å². The Bertz CT molecular complexity index is 679. The Balaban J connectivity index is 1.82. The topological polar surface area (TPSA) is 112 Å². The molecule has 0 bridgehead atoms. The van der Waals surface area contributed by atoms with Crippen molar-refractivity contribution in [2.45, 2.75) is 13.0 Å². The summed E-state index contributed by atoms with van der Waals surface area (Å²) in [6.07, 6.45) is 0. The molecule has 0 aromatic carbocycles. The lowest BCUT2D eigenvalue weighted by molar-refractivity contribution is -0.402. The lowest BCUT2D eigenvalue weighted by Gasteiger charge is -2.11. The van der Waals surface area contributed by atoms with Gasteiger partial charge in [0.25, 0.3) is 5.91 Å². The zero-order valence-corrected chi connectivity index (χ0v) is 12.3. The van der Waals surface area contributed by atoms with Crippen LogP contribution in [-0.4, -0.2) is 23.4 Å². The minimum atomic E-state index is -0.938. The quantitative estimate of drug-likeness (QED) is 0.495. The third kappa shape index (κ3) is 3.92. The molecule has 0 aliphatic rings. The van der Waals surface area contributed by atoms with E-state index >= 15 is 0 Å². The highest BCUT2D eigenvalue weighted by Crippen LogP contribution is 2.18. The van der Waals surface area contributed by atoms with E-state index < -0.39 is 29.3 Å². The number of nitrogens with zero attached hydrogens (tertiary/aromatic N) is 1. The van der Waals surface area contributed by atoms with Gasteiger partial charge in [-0.15, -0.1) is 11.3 Å². The predicted molar refractivity (Wildman–Crippen MR) is 76.5 cm³/mol. The minimum Gasteiger partial charge on any atom is -0.450 e. The molecule has 0 saturated heterocycles. The van der Waals surface area contributed by atoms with Gasteiger partial charge in [-0.3, -0.25) is 14.9 Å².